The first-order chi connectivity index (χ1) is 20.0. The van der Waals surface area contributed by atoms with Crippen LogP contribution in [0.2, 0.25) is 0 Å². The molecule has 2 aliphatic heterocycles. The summed E-state index contributed by atoms with van der Waals surface area (Å²) in [5, 5.41) is 24.9. The van der Waals surface area contributed by atoms with Crippen LogP contribution in [0, 0.1) is 5.92 Å². The molecule has 0 radical (unpaired) electrons. The van der Waals surface area contributed by atoms with Crippen LogP contribution >= 0.6 is 0 Å². The zero-order valence-corrected chi connectivity index (χ0v) is 23.8. The summed E-state index contributed by atoms with van der Waals surface area (Å²) in [6.45, 7) is 3.09. The molecule has 5 aliphatic rings. The van der Waals surface area contributed by atoms with Gasteiger partial charge >= 0.3 is 0 Å². The highest BCUT2D eigenvalue weighted by molar-refractivity contribution is 5.64. The summed E-state index contributed by atoms with van der Waals surface area (Å²) in [6, 6.07) is 24.6. The van der Waals surface area contributed by atoms with Crippen LogP contribution in [-0.2, 0) is 18.6 Å². The van der Waals surface area contributed by atoms with Gasteiger partial charge in [0.2, 0.25) is 0 Å². The molecule has 1 spiro atoms. The first-order valence-corrected chi connectivity index (χ1v) is 15.4. The van der Waals surface area contributed by atoms with Gasteiger partial charge in [-0.15, -0.1) is 0 Å². The van der Waals surface area contributed by atoms with Gasteiger partial charge < -0.3 is 19.7 Å². The lowest BCUT2D eigenvalue weighted by Gasteiger charge is -2.65. The summed E-state index contributed by atoms with van der Waals surface area (Å²) in [5.74, 6) is 2.12. The minimum absolute atomic E-state index is 0.128. The van der Waals surface area contributed by atoms with Crippen molar-refractivity contribution < 1.29 is 19.7 Å². The van der Waals surface area contributed by atoms with E-state index in [0.717, 1.165) is 54.9 Å². The van der Waals surface area contributed by atoms with Gasteiger partial charge in [0.1, 0.15) is 12.7 Å². The van der Waals surface area contributed by atoms with Crippen molar-refractivity contribution in [1.29, 1.82) is 0 Å². The number of rotatable bonds is 8. The summed E-state index contributed by atoms with van der Waals surface area (Å²) in [4.78, 5) is 4.83. The van der Waals surface area contributed by atoms with Gasteiger partial charge in [-0.3, -0.25) is 9.80 Å². The molecule has 2 saturated carbocycles. The number of nitrogens with zero attached hydrogens (tertiary/aromatic N) is 2. The predicted molar refractivity (Wildman–Crippen MR) is 157 cm³/mol. The smallest absolute Gasteiger partial charge is 0.166 e. The van der Waals surface area contributed by atoms with E-state index >= 15 is 0 Å². The zero-order chi connectivity index (χ0) is 27.8. The number of hydrogen-bond acceptors (Lipinski definition) is 6. The molecule has 8 rings (SSSR count). The highest BCUT2D eigenvalue weighted by Crippen LogP contribution is 2.68. The van der Waals surface area contributed by atoms with Crippen molar-refractivity contribution in [2.24, 2.45) is 5.92 Å². The molecule has 2 bridgehead atoms. The second kappa shape index (κ2) is 9.56. The molecule has 0 aromatic heterocycles. The summed E-state index contributed by atoms with van der Waals surface area (Å²) < 4.78 is 13.5. The van der Waals surface area contributed by atoms with E-state index in [1.165, 1.54) is 18.4 Å². The van der Waals surface area contributed by atoms with Gasteiger partial charge in [0.25, 0.3) is 0 Å². The van der Waals surface area contributed by atoms with Gasteiger partial charge in [-0.2, -0.15) is 0 Å². The standard InChI is InChI=1S/C35H40N2O4/c1-36(20-23-8-4-2-5-9-23)27-16-17-35(39)32-30(38)26-14-15-28(40-22-25-10-6-3-7-11-25)31-29(26)34(35,33(27)41-31)18-19-37(32)21-24-12-13-24/h2-11,14-15,24,27,30,32-33,38-39H,12-13,16-22H2,1H3/t27-,30+,32-,33+,34+,35-/m1/s1. The lowest BCUT2D eigenvalue weighted by atomic mass is 9.47. The zero-order valence-electron chi connectivity index (χ0n) is 23.8. The third-order valence-electron chi connectivity index (χ3n) is 10.8. The molecule has 1 saturated heterocycles. The van der Waals surface area contributed by atoms with Crippen LogP contribution in [0.5, 0.6) is 11.5 Å². The second-order valence-corrected chi connectivity index (χ2v) is 13.2. The molecule has 6 atom stereocenters. The molecule has 41 heavy (non-hydrogen) atoms. The fourth-order valence-corrected chi connectivity index (χ4v) is 8.80. The molecule has 2 N–H and O–H groups in total. The largest absolute Gasteiger partial charge is 0.485 e. The van der Waals surface area contributed by atoms with Crippen molar-refractivity contribution in [2.45, 2.75) is 80.6 Å². The predicted octanol–water partition coefficient (Wildman–Crippen LogP) is 4.82. The van der Waals surface area contributed by atoms with Crippen molar-refractivity contribution in [3.63, 3.8) is 0 Å². The number of benzene rings is 3. The Labute approximate surface area is 242 Å². The van der Waals surface area contributed by atoms with E-state index in [0.29, 0.717) is 24.7 Å². The Morgan fingerprint density at radius 2 is 1.68 bits per heavy atom. The highest BCUT2D eigenvalue weighted by atomic mass is 16.5. The molecule has 3 fully saturated rings. The summed E-state index contributed by atoms with van der Waals surface area (Å²) in [5.41, 5.74) is 2.63. The minimum atomic E-state index is -1.06. The van der Waals surface area contributed by atoms with E-state index in [1.807, 2.05) is 30.3 Å². The number of ether oxygens (including phenoxy) is 2. The molecule has 0 amide bonds. The Bertz CT molecular complexity index is 1430. The van der Waals surface area contributed by atoms with Crippen LogP contribution in [0.4, 0.5) is 0 Å². The second-order valence-electron chi connectivity index (χ2n) is 13.2. The molecule has 3 aliphatic carbocycles. The number of aliphatic hydroxyl groups is 2. The third-order valence-corrected chi connectivity index (χ3v) is 10.8. The van der Waals surface area contributed by atoms with Crippen LogP contribution in [0.15, 0.2) is 72.8 Å². The van der Waals surface area contributed by atoms with Gasteiger partial charge in [-0.05, 0) is 74.4 Å². The molecule has 6 heteroatoms. The molecular formula is C35H40N2O4. The molecule has 3 aromatic rings. The van der Waals surface area contributed by atoms with Crippen molar-refractivity contribution in [2.75, 3.05) is 20.1 Å². The van der Waals surface area contributed by atoms with E-state index in [4.69, 9.17) is 9.47 Å². The first-order valence-electron chi connectivity index (χ1n) is 15.4. The van der Waals surface area contributed by atoms with Crippen molar-refractivity contribution >= 4 is 0 Å². The minimum Gasteiger partial charge on any atom is -0.485 e. The van der Waals surface area contributed by atoms with E-state index in [1.54, 1.807) is 0 Å². The molecule has 3 aromatic carbocycles. The van der Waals surface area contributed by atoms with Gasteiger partial charge in [0.15, 0.2) is 11.5 Å². The molecule has 0 unspecified atom stereocenters. The molecule has 214 valence electrons. The number of aliphatic hydroxyl groups excluding tert-OH is 1. The van der Waals surface area contributed by atoms with Gasteiger partial charge in [-0.1, -0.05) is 66.7 Å². The Balaban J connectivity index is 1.22. The Hall–Kier alpha value is -2.90. The normalized spacial score (nSPS) is 33.4. The first kappa shape index (κ1) is 25.8. The maximum Gasteiger partial charge on any atom is 0.166 e. The van der Waals surface area contributed by atoms with Crippen LogP contribution in [0.3, 0.4) is 0 Å². The average Bonchev–Trinajstić information content (AvgIpc) is 3.73. The number of piperidine rings is 1. The van der Waals surface area contributed by atoms with Crippen molar-refractivity contribution in [3.8, 4) is 11.5 Å². The summed E-state index contributed by atoms with van der Waals surface area (Å²) in [7, 11) is 2.19. The monoisotopic (exact) mass is 552 g/mol. The summed E-state index contributed by atoms with van der Waals surface area (Å²) in [6.07, 6.45) is 3.81. The maximum atomic E-state index is 12.9. The number of likely N-dealkylation sites (N-methyl/N-ethyl adjacent to an activating group) is 1. The lowest BCUT2D eigenvalue weighted by molar-refractivity contribution is -0.223. The average molecular weight is 553 g/mol. The van der Waals surface area contributed by atoms with Crippen LogP contribution in [0.1, 0.15) is 60.5 Å². The van der Waals surface area contributed by atoms with E-state index in [-0.39, 0.29) is 18.2 Å². The Kier molecular flexibility index (Phi) is 6.01. The quantitative estimate of drug-likeness (QED) is 0.418. The van der Waals surface area contributed by atoms with E-state index < -0.39 is 17.1 Å². The van der Waals surface area contributed by atoms with E-state index in [2.05, 4.69) is 59.3 Å². The number of likely N-dealkylation sites (tertiary alicyclic amines) is 1. The Morgan fingerprint density at radius 1 is 0.951 bits per heavy atom. The SMILES string of the molecule is CN(Cc1ccccc1)[C@@H]1CC[C@@]2(O)[C@H]3[C@@H](O)c4ccc(OCc5ccccc5)c5c4[C@@]2(CCN3CC2CC2)[C@H]1O5. The van der Waals surface area contributed by atoms with E-state index in [9.17, 15) is 10.2 Å². The molecule has 2 heterocycles. The topological polar surface area (TPSA) is 65.4 Å². The lowest BCUT2D eigenvalue weighted by Crippen LogP contribution is -2.78. The van der Waals surface area contributed by atoms with Crippen LogP contribution in [0.25, 0.3) is 0 Å². The third kappa shape index (κ3) is 3.84. The highest BCUT2D eigenvalue weighted by Gasteiger charge is 2.75. The molecular weight excluding hydrogens is 512 g/mol. The van der Waals surface area contributed by atoms with Gasteiger partial charge in [0, 0.05) is 24.7 Å². The van der Waals surface area contributed by atoms with Gasteiger partial charge in [0.05, 0.1) is 23.2 Å². The van der Waals surface area contributed by atoms with Crippen LogP contribution in [-0.4, -0.2) is 63.9 Å². The molecule has 6 nitrogen and oxygen atoms in total. The maximum absolute atomic E-state index is 12.9. The fourth-order valence-electron chi connectivity index (χ4n) is 8.80. The van der Waals surface area contributed by atoms with Gasteiger partial charge in [-0.25, -0.2) is 0 Å². The van der Waals surface area contributed by atoms with Crippen LogP contribution < -0.4 is 9.47 Å². The van der Waals surface area contributed by atoms with Crippen molar-refractivity contribution in [3.05, 3.63) is 95.1 Å². The van der Waals surface area contributed by atoms with Crippen molar-refractivity contribution in [1.82, 2.24) is 9.80 Å². The number of hydrogen-bond donors (Lipinski definition) is 2. The fraction of sp³-hybridized carbons (Fsp3) is 0.486. The Morgan fingerprint density at radius 3 is 2.41 bits per heavy atom. The summed E-state index contributed by atoms with van der Waals surface area (Å²) >= 11 is 0.